The molecule has 1 aliphatic rings. The topological polar surface area (TPSA) is 29.9 Å². The third-order valence-corrected chi connectivity index (χ3v) is 5.15. The van der Waals surface area contributed by atoms with Gasteiger partial charge in [-0.15, -0.1) is 0 Å². The molecule has 0 saturated heterocycles. The lowest BCUT2D eigenvalue weighted by Gasteiger charge is -2.39. The normalized spacial score (nSPS) is 25.6. The first-order valence-corrected chi connectivity index (χ1v) is 8.15. The van der Waals surface area contributed by atoms with Gasteiger partial charge in [0.05, 0.1) is 6.04 Å². The molecule has 0 spiro atoms. The molecule has 0 aromatic carbocycles. The Morgan fingerprint density at radius 2 is 1.95 bits per heavy atom. The Morgan fingerprint density at radius 3 is 2.45 bits per heavy atom. The van der Waals surface area contributed by atoms with E-state index in [-0.39, 0.29) is 0 Å². The molecule has 3 heteroatoms. The van der Waals surface area contributed by atoms with Gasteiger partial charge in [-0.2, -0.15) is 0 Å². The van der Waals surface area contributed by atoms with Crippen LogP contribution in [0.15, 0.2) is 12.4 Å². The molecule has 1 aromatic rings. The van der Waals surface area contributed by atoms with Gasteiger partial charge in [-0.3, -0.25) is 0 Å². The van der Waals surface area contributed by atoms with E-state index in [0.717, 1.165) is 18.4 Å². The van der Waals surface area contributed by atoms with Gasteiger partial charge in [0.1, 0.15) is 5.82 Å². The lowest BCUT2D eigenvalue weighted by molar-refractivity contribution is 0.132. The summed E-state index contributed by atoms with van der Waals surface area (Å²) in [4.78, 5) is 4.60. The lowest BCUT2D eigenvalue weighted by atomic mass is 9.68. The van der Waals surface area contributed by atoms with E-state index < -0.39 is 0 Å². The molecule has 1 heterocycles. The minimum atomic E-state index is 0.408. The largest absolute Gasteiger partial charge is 0.334 e. The fourth-order valence-corrected chi connectivity index (χ4v) is 3.76. The maximum absolute atomic E-state index is 4.60. The van der Waals surface area contributed by atoms with Crippen LogP contribution in [0.4, 0.5) is 0 Å². The Balaban J connectivity index is 2.04. The van der Waals surface area contributed by atoms with Crippen molar-refractivity contribution in [3.8, 4) is 0 Å². The van der Waals surface area contributed by atoms with Crippen molar-refractivity contribution in [3.05, 3.63) is 18.2 Å². The average Bonchev–Trinajstić information content (AvgIpc) is 2.87. The van der Waals surface area contributed by atoms with Crippen molar-refractivity contribution in [1.82, 2.24) is 14.9 Å². The van der Waals surface area contributed by atoms with E-state index in [1.54, 1.807) is 0 Å². The SMILES string of the molecule is CCn1ccnc1C(NC)C1CCC(C(C)(C)C)CC1. The maximum Gasteiger partial charge on any atom is 0.126 e. The lowest BCUT2D eigenvalue weighted by Crippen LogP contribution is -2.33. The number of imidazole rings is 1. The Bertz CT molecular complexity index is 408. The van der Waals surface area contributed by atoms with Gasteiger partial charge >= 0.3 is 0 Å². The number of nitrogens with zero attached hydrogens (tertiary/aromatic N) is 2. The second-order valence-corrected chi connectivity index (χ2v) is 7.32. The zero-order chi connectivity index (χ0) is 14.8. The molecule has 114 valence electrons. The maximum atomic E-state index is 4.60. The van der Waals surface area contributed by atoms with Crippen LogP contribution in [-0.2, 0) is 6.54 Å². The predicted molar refractivity (Wildman–Crippen MR) is 84.6 cm³/mol. The zero-order valence-corrected chi connectivity index (χ0v) is 13.8. The first-order chi connectivity index (χ1) is 9.47. The molecule has 2 rings (SSSR count). The van der Waals surface area contributed by atoms with Gasteiger partial charge in [0, 0.05) is 18.9 Å². The van der Waals surface area contributed by atoms with Crippen LogP contribution in [0.1, 0.15) is 65.2 Å². The number of aromatic nitrogens is 2. The summed E-state index contributed by atoms with van der Waals surface area (Å²) < 4.78 is 2.27. The molecule has 1 fully saturated rings. The van der Waals surface area contributed by atoms with E-state index >= 15 is 0 Å². The zero-order valence-electron chi connectivity index (χ0n) is 13.8. The van der Waals surface area contributed by atoms with Gasteiger partial charge in [-0.05, 0) is 56.9 Å². The number of aryl methyl sites for hydroxylation is 1. The number of hydrogen-bond acceptors (Lipinski definition) is 2. The average molecular weight is 277 g/mol. The van der Waals surface area contributed by atoms with Crippen molar-refractivity contribution in [1.29, 1.82) is 0 Å². The molecule has 20 heavy (non-hydrogen) atoms. The van der Waals surface area contributed by atoms with Gasteiger partial charge in [0.15, 0.2) is 0 Å². The van der Waals surface area contributed by atoms with E-state index in [0.29, 0.717) is 11.5 Å². The predicted octanol–water partition coefficient (Wildman–Crippen LogP) is 4.02. The van der Waals surface area contributed by atoms with E-state index in [1.807, 2.05) is 6.20 Å². The minimum Gasteiger partial charge on any atom is -0.334 e. The second-order valence-electron chi connectivity index (χ2n) is 7.32. The third-order valence-electron chi connectivity index (χ3n) is 5.15. The quantitative estimate of drug-likeness (QED) is 0.901. The summed E-state index contributed by atoms with van der Waals surface area (Å²) in [7, 11) is 2.08. The Labute approximate surface area is 124 Å². The molecule has 0 amide bonds. The van der Waals surface area contributed by atoms with Crippen LogP contribution in [-0.4, -0.2) is 16.6 Å². The molecule has 1 aliphatic carbocycles. The van der Waals surface area contributed by atoms with Crippen LogP contribution >= 0.6 is 0 Å². The summed E-state index contributed by atoms with van der Waals surface area (Å²) in [5.74, 6) is 2.82. The highest BCUT2D eigenvalue weighted by Gasteiger charge is 2.34. The minimum absolute atomic E-state index is 0.408. The van der Waals surface area contributed by atoms with Crippen molar-refractivity contribution >= 4 is 0 Å². The molecule has 1 atom stereocenters. The highest BCUT2D eigenvalue weighted by Crippen LogP contribution is 2.43. The number of rotatable bonds is 4. The van der Waals surface area contributed by atoms with Crippen LogP contribution in [0.5, 0.6) is 0 Å². The molecule has 0 radical (unpaired) electrons. The van der Waals surface area contributed by atoms with Crippen molar-refractivity contribution in [2.75, 3.05) is 7.05 Å². The molecular weight excluding hydrogens is 246 g/mol. The van der Waals surface area contributed by atoms with Gasteiger partial charge in [0.25, 0.3) is 0 Å². The van der Waals surface area contributed by atoms with E-state index in [4.69, 9.17) is 0 Å². The molecule has 1 saturated carbocycles. The van der Waals surface area contributed by atoms with Crippen molar-refractivity contribution in [3.63, 3.8) is 0 Å². The van der Waals surface area contributed by atoms with Crippen LogP contribution in [0.2, 0.25) is 0 Å². The van der Waals surface area contributed by atoms with Crippen molar-refractivity contribution in [2.45, 2.75) is 66.0 Å². The Morgan fingerprint density at radius 1 is 1.30 bits per heavy atom. The fraction of sp³-hybridized carbons (Fsp3) is 0.824. The highest BCUT2D eigenvalue weighted by molar-refractivity contribution is 5.02. The Kier molecular flexibility index (Phi) is 4.90. The van der Waals surface area contributed by atoms with Crippen LogP contribution in [0.3, 0.4) is 0 Å². The van der Waals surface area contributed by atoms with Crippen molar-refractivity contribution in [2.24, 2.45) is 17.3 Å². The van der Waals surface area contributed by atoms with Gasteiger partial charge < -0.3 is 9.88 Å². The number of nitrogens with one attached hydrogen (secondary N) is 1. The Hall–Kier alpha value is -0.830. The first kappa shape index (κ1) is 15.6. The third kappa shape index (κ3) is 3.25. The van der Waals surface area contributed by atoms with Crippen LogP contribution in [0, 0.1) is 17.3 Å². The molecule has 3 nitrogen and oxygen atoms in total. The summed E-state index contributed by atoms with van der Waals surface area (Å²) >= 11 is 0. The second kappa shape index (κ2) is 6.30. The summed E-state index contributed by atoms with van der Waals surface area (Å²) in [5.41, 5.74) is 0.460. The van der Waals surface area contributed by atoms with Crippen molar-refractivity contribution < 1.29 is 0 Å². The first-order valence-electron chi connectivity index (χ1n) is 8.15. The van der Waals surface area contributed by atoms with E-state index in [9.17, 15) is 0 Å². The van der Waals surface area contributed by atoms with E-state index in [1.165, 1.54) is 31.5 Å². The summed E-state index contributed by atoms with van der Waals surface area (Å²) in [5, 5.41) is 3.52. The smallest absolute Gasteiger partial charge is 0.126 e. The molecule has 1 unspecified atom stereocenters. The summed E-state index contributed by atoms with van der Waals surface area (Å²) in [6, 6.07) is 0.408. The van der Waals surface area contributed by atoms with Gasteiger partial charge in [-0.1, -0.05) is 20.8 Å². The molecule has 0 aliphatic heterocycles. The molecule has 1 N–H and O–H groups in total. The summed E-state index contributed by atoms with van der Waals surface area (Å²) in [6.07, 6.45) is 9.40. The van der Waals surface area contributed by atoms with Gasteiger partial charge in [-0.25, -0.2) is 4.98 Å². The molecular formula is C17H31N3. The monoisotopic (exact) mass is 277 g/mol. The van der Waals surface area contributed by atoms with Gasteiger partial charge in [0.2, 0.25) is 0 Å². The van der Waals surface area contributed by atoms with Crippen LogP contribution in [0.25, 0.3) is 0 Å². The number of hydrogen-bond donors (Lipinski definition) is 1. The van der Waals surface area contributed by atoms with Crippen LogP contribution < -0.4 is 5.32 Å². The fourth-order valence-electron chi connectivity index (χ4n) is 3.76. The highest BCUT2D eigenvalue weighted by atomic mass is 15.1. The standard InChI is InChI=1S/C17H31N3/c1-6-20-12-11-19-16(20)15(18-5)13-7-9-14(10-8-13)17(2,3)4/h11-15,18H,6-10H2,1-5H3. The molecule has 1 aromatic heterocycles. The van der Waals surface area contributed by atoms with E-state index in [2.05, 4.69) is 55.8 Å². The molecule has 0 bridgehead atoms. The summed E-state index contributed by atoms with van der Waals surface area (Å²) in [6.45, 7) is 10.4.